The zero-order chi connectivity index (χ0) is 69.8. The number of rotatable bonds is 8. The third-order valence-electron chi connectivity index (χ3n) is 21.9. The molecule has 0 amide bonds. The van der Waals surface area contributed by atoms with Crippen molar-refractivity contribution in [1.29, 1.82) is 0 Å². The van der Waals surface area contributed by atoms with E-state index in [0.29, 0.717) is 0 Å². The molecule has 18 aromatic carbocycles. The number of fused-ring (bicyclic) bond motifs is 16. The van der Waals surface area contributed by atoms with E-state index in [1.807, 2.05) is 0 Å². The van der Waals surface area contributed by atoms with Gasteiger partial charge in [0.05, 0.1) is 45.3 Å². The molecule has 2 aromatic heterocycles. The third kappa shape index (κ3) is 10.1. The molecule has 22 rings (SSSR count). The summed E-state index contributed by atoms with van der Waals surface area (Å²) >= 11 is 0. The van der Waals surface area contributed by atoms with Crippen LogP contribution < -0.4 is 9.80 Å². The monoisotopic (exact) mass is 1340 g/mol. The summed E-state index contributed by atoms with van der Waals surface area (Å²) in [5.74, 6) is 0. The Morgan fingerprint density at radius 1 is 0.179 bits per heavy atom. The molecule has 0 N–H and O–H groups in total. The lowest BCUT2D eigenvalue weighted by Gasteiger charge is -2.33. The van der Waals surface area contributed by atoms with Crippen molar-refractivity contribution in [3.63, 3.8) is 0 Å². The second-order valence-corrected chi connectivity index (χ2v) is 27.9. The number of hydrogen-bond acceptors (Lipinski definition) is 4. The van der Waals surface area contributed by atoms with Crippen LogP contribution in [0.4, 0.5) is 34.1 Å². The summed E-state index contributed by atoms with van der Waals surface area (Å²) in [6, 6.07) is 141. The van der Waals surface area contributed by atoms with Gasteiger partial charge in [0.15, 0.2) is 0 Å². The van der Waals surface area contributed by atoms with E-state index < -0.39 is 0 Å². The van der Waals surface area contributed by atoms with Crippen molar-refractivity contribution in [2.75, 3.05) is 9.80 Å². The molecule has 4 heterocycles. The van der Waals surface area contributed by atoms with Crippen molar-refractivity contribution in [2.24, 2.45) is 0 Å². The Labute approximate surface area is 613 Å². The van der Waals surface area contributed by atoms with E-state index in [9.17, 15) is 0 Å². The molecule has 0 aliphatic carbocycles. The highest BCUT2D eigenvalue weighted by atomic mass is 15.2. The fraction of sp³-hybridized carbons (Fsp3) is 0. The number of para-hydroxylation sites is 2. The largest absolute Gasteiger partial charge is 0.309 e. The van der Waals surface area contributed by atoms with Crippen molar-refractivity contribution in [3.05, 3.63) is 388 Å². The van der Waals surface area contributed by atoms with Gasteiger partial charge in [-0.3, -0.25) is 0 Å². The summed E-state index contributed by atoms with van der Waals surface area (Å²) in [6.07, 6.45) is 0. The summed E-state index contributed by atoms with van der Waals surface area (Å²) in [5, 5.41) is 19.0. The van der Waals surface area contributed by atoms with Gasteiger partial charge in [0.25, 0.3) is 0 Å². The molecule has 0 fully saturated rings. The van der Waals surface area contributed by atoms with Crippen LogP contribution in [-0.4, -0.2) is 9.97 Å². The van der Waals surface area contributed by atoms with Gasteiger partial charge < -0.3 is 9.80 Å². The Hall–Kier alpha value is -14.1. The van der Waals surface area contributed by atoms with E-state index in [2.05, 4.69) is 398 Å². The summed E-state index contributed by atoms with van der Waals surface area (Å²) < 4.78 is 0. The molecule has 0 saturated heterocycles. The first kappa shape index (κ1) is 60.7. The lowest BCUT2D eigenvalue weighted by molar-refractivity contribution is 1.25. The molecular formula is C102H64N4. The summed E-state index contributed by atoms with van der Waals surface area (Å²) in [5.41, 5.74) is 26.2. The minimum atomic E-state index is 0.989. The maximum Gasteiger partial charge on any atom is 0.0830 e. The molecule has 0 atom stereocenters. The Balaban J connectivity index is 0.000000136. The van der Waals surface area contributed by atoms with E-state index in [0.717, 1.165) is 67.7 Å². The minimum Gasteiger partial charge on any atom is -0.309 e. The first-order valence-electron chi connectivity index (χ1n) is 36.4. The smallest absolute Gasteiger partial charge is 0.0830 e. The fourth-order valence-electron chi connectivity index (χ4n) is 17.0. The summed E-state index contributed by atoms with van der Waals surface area (Å²) in [6.45, 7) is 0. The van der Waals surface area contributed by atoms with Crippen LogP contribution in [0.25, 0.3) is 176 Å². The topological polar surface area (TPSA) is 32.3 Å². The lowest BCUT2D eigenvalue weighted by Crippen LogP contribution is -2.15. The van der Waals surface area contributed by atoms with Gasteiger partial charge in [-0.25, -0.2) is 9.97 Å². The Bertz CT molecular complexity index is 6490. The van der Waals surface area contributed by atoms with Crippen molar-refractivity contribution < 1.29 is 0 Å². The molecule has 0 saturated carbocycles. The van der Waals surface area contributed by atoms with Gasteiger partial charge in [0.2, 0.25) is 0 Å². The molecule has 4 heteroatoms. The Morgan fingerprint density at radius 3 is 1.01 bits per heavy atom. The van der Waals surface area contributed by atoms with Crippen LogP contribution >= 0.6 is 0 Å². The van der Waals surface area contributed by atoms with Crippen LogP contribution in [0.5, 0.6) is 0 Å². The average Bonchev–Trinajstić information content (AvgIpc) is 0.733. The maximum atomic E-state index is 5.30. The lowest BCUT2D eigenvalue weighted by atomic mass is 9.91. The number of aromatic nitrogens is 2. The number of hydrogen-bond donors (Lipinski definition) is 0. The van der Waals surface area contributed by atoms with E-state index >= 15 is 0 Å². The molecule has 0 spiro atoms. The quantitative estimate of drug-likeness (QED) is 0.142. The molecular weight excluding hydrogens is 1280 g/mol. The van der Waals surface area contributed by atoms with Crippen LogP contribution in [0.2, 0.25) is 0 Å². The number of benzene rings is 18. The van der Waals surface area contributed by atoms with Crippen molar-refractivity contribution in [1.82, 2.24) is 9.97 Å². The Morgan fingerprint density at radius 2 is 0.519 bits per heavy atom. The summed E-state index contributed by atoms with van der Waals surface area (Å²) in [4.78, 5) is 15.3. The van der Waals surface area contributed by atoms with Crippen LogP contribution in [0.3, 0.4) is 0 Å². The molecule has 2 aliphatic heterocycles. The van der Waals surface area contributed by atoms with Crippen LogP contribution in [0.15, 0.2) is 388 Å². The van der Waals surface area contributed by atoms with Gasteiger partial charge >= 0.3 is 0 Å². The highest BCUT2D eigenvalue weighted by Crippen LogP contribution is 2.54. The first-order chi connectivity index (χ1) is 52.6. The van der Waals surface area contributed by atoms with Crippen LogP contribution in [-0.2, 0) is 0 Å². The van der Waals surface area contributed by atoms with E-state index in [1.54, 1.807) is 0 Å². The van der Waals surface area contributed by atoms with Crippen molar-refractivity contribution in [3.8, 4) is 89.4 Å². The van der Waals surface area contributed by atoms with Gasteiger partial charge in [0, 0.05) is 44.4 Å². The second-order valence-electron chi connectivity index (χ2n) is 27.9. The van der Waals surface area contributed by atoms with E-state index in [1.165, 1.54) is 142 Å². The van der Waals surface area contributed by atoms with Gasteiger partial charge in [-0.05, 0) is 211 Å². The summed E-state index contributed by atoms with van der Waals surface area (Å²) in [7, 11) is 0. The molecule has 106 heavy (non-hydrogen) atoms. The molecule has 0 radical (unpaired) electrons. The van der Waals surface area contributed by atoms with Gasteiger partial charge in [-0.1, -0.05) is 297 Å². The second kappa shape index (κ2) is 24.9. The normalized spacial score (nSPS) is 12.1. The predicted octanol–water partition coefficient (Wildman–Crippen LogP) is 28.3. The van der Waals surface area contributed by atoms with Crippen molar-refractivity contribution in [2.45, 2.75) is 0 Å². The zero-order valence-corrected chi connectivity index (χ0v) is 57.7. The van der Waals surface area contributed by atoms with Crippen molar-refractivity contribution >= 4 is 120 Å². The number of anilines is 6. The van der Waals surface area contributed by atoms with Crippen LogP contribution in [0, 0.1) is 0 Å². The molecule has 0 bridgehead atoms. The predicted molar refractivity (Wildman–Crippen MR) is 448 cm³/mol. The molecule has 2 aliphatic rings. The first-order valence-corrected chi connectivity index (χ1v) is 36.4. The molecule has 4 nitrogen and oxygen atoms in total. The average molecular weight is 1350 g/mol. The molecule has 20 aromatic rings. The molecule has 492 valence electrons. The zero-order valence-electron chi connectivity index (χ0n) is 57.7. The highest BCUT2D eigenvalue weighted by molar-refractivity contribution is 6.27. The highest BCUT2D eigenvalue weighted by Gasteiger charge is 2.30. The fourth-order valence-corrected chi connectivity index (χ4v) is 17.0. The Kier molecular flexibility index (Phi) is 14.2. The standard InChI is InChI=1S/2C51H32N2/c1-2-13-33(14-3-1)47-32-38-18-12-26-49-50(38)51(52-47)45-24-8-9-25-48(45)53(49)39-19-11-17-36(30-39)34-15-10-16-35(29-34)37-27-28-44-42-22-5-4-20-40(42)41-21-6-7-23-43(41)46(44)31-37;1-2-13-33(14-3-1)48-32-46-44-23-8-9-25-49(44)53(50-26-12-24-47(52-48)51(46)50)38-18-11-17-36(30-38)34-15-10-16-35(29-34)37-27-28-43-41-21-5-4-19-39(41)40-20-6-7-22-42(40)45(43)31-37/h2*1-32H. The van der Waals surface area contributed by atoms with Gasteiger partial charge in [0.1, 0.15) is 0 Å². The van der Waals surface area contributed by atoms with E-state index in [4.69, 9.17) is 9.97 Å². The third-order valence-corrected chi connectivity index (χ3v) is 21.9. The minimum absolute atomic E-state index is 0.989. The van der Waals surface area contributed by atoms with Gasteiger partial charge in [-0.2, -0.15) is 0 Å². The number of nitrogens with zero attached hydrogens (tertiary/aromatic N) is 4. The number of pyridine rings is 2. The maximum absolute atomic E-state index is 5.30. The molecule has 0 unspecified atom stereocenters. The van der Waals surface area contributed by atoms with Gasteiger partial charge in [-0.15, -0.1) is 0 Å². The van der Waals surface area contributed by atoms with E-state index in [-0.39, 0.29) is 0 Å². The van der Waals surface area contributed by atoms with Crippen LogP contribution in [0.1, 0.15) is 0 Å². The SMILES string of the molecule is c1ccc(-c2cc3c4c(cccc4n2)N(c2cccc(-c4cccc(-c5ccc6c7ccccc7c7ccccc7c6c5)c4)c2)c2ccccc2-3)cc1.c1ccc(-c2cc3cccc4c3c(n2)-c2ccccc2N4c2cccc(-c3cccc(-c4ccc5c6ccccc6c6ccccc6c5c4)c3)c2)cc1.